The van der Waals surface area contributed by atoms with Crippen molar-refractivity contribution in [1.29, 1.82) is 0 Å². The summed E-state index contributed by atoms with van der Waals surface area (Å²) in [6.45, 7) is 3.67. The molecule has 6 heteroatoms. The van der Waals surface area contributed by atoms with E-state index in [2.05, 4.69) is 10.0 Å². The van der Waals surface area contributed by atoms with Crippen LogP contribution in [0.25, 0.3) is 0 Å². The van der Waals surface area contributed by atoms with Gasteiger partial charge in [-0.05, 0) is 26.0 Å². The molecule has 1 atom stereocenters. The maximum Gasteiger partial charge on any atom is 0.253 e. The van der Waals surface area contributed by atoms with Crippen molar-refractivity contribution in [1.82, 2.24) is 5.32 Å². The highest BCUT2D eigenvalue weighted by Crippen LogP contribution is 2.15. The fraction of sp³-hybridized carbons (Fsp3) is 0.300. The molecule has 1 aromatic carbocycles. The Kier molecular flexibility index (Phi) is 4.45. The first-order valence-corrected chi connectivity index (χ1v) is 5.84. The third-order valence-corrected chi connectivity index (χ3v) is 2.17. The Morgan fingerprint density at radius 2 is 2.00 bits per heavy atom. The molecule has 5 nitrogen and oxygen atoms in total. The quantitative estimate of drug-likeness (QED) is 0.772. The second-order valence-electron chi connectivity index (χ2n) is 3.51. The number of anilines is 1. The zero-order valence-corrected chi connectivity index (χ0v) is 9.84. The number of benzene rings is 1. The van der Waals surface area contributed by atoms with E-state index in [0.717, 1.165) is 0 Å². The first kappa shape index (κ1) is 12.7. The minimum Gasteiger partial charge on any atom is -0.755 e. The summed E-state index contributed by atoms with van der Waals surface area (Å²) in [5, 5.41) is 2.69. The molecule has 0 aliphatic rings. The average molecular weight is 241 g/mol. The number of rotatable bonds is 4. The van der Waals surface area contributed by atoms with Crippen LogP contribution < -0.4 is 10.0 Å². The van der Waals surface area contributed by atoms with Gasteiger partial charge in [0.2, 0.25) is 0 Å². The van der Waals surface area contributed by atoms with Gasteiger partial charge in [-0.25, -0.2) is 0 Å². The molecule has 0 bridgehead atoms. The summed E-state index contributed by atoms with van der Waals surface area (Å²) >= 11 is -2.44. The van der Waals surface area contributed by atoms with E-state index in [9.17, 15) is 13.6 Å². The van der Waals surface area contributed by atoms with Crippen molar-refractivity contribution in [2.24, 2.45) is 0 Å². The Morgan fingerprint density at radius 1 is 1.38 bits per heavy atom. The van der Waals surface area contributed by atoms with Crippen molar-refractivity contribution >= 4 is 22.9 Å². The van der Waals surface area contributed by atoms with Crippen LogP contribution in [0.4, 0.5) is 5.69 Å². The van der Waals surface area contributed by atoms with Gasteiger partial charge in [0.15, 0.2) is 0 Å². The van der Waals surface area contributed by atoms with Gasteiger partial charge in [0.25, 0.3) is 5.91 Å². The number of carbonyl (C=O) groups excluding carboxylic acids is 1. The molecule has 0 aromatic heterocycles. The molecule has 2 N–H and O–H groups in total. The molecule has 0 spiro atoms. The third-order valence-electron chi connectivity index (χ3n) is 1.78. The SMILES string of the molecule is CC(C)NC(=O)c1ccccc1NS(=O)[O-]. The zero-order valence-electron chi connectivity index (χ0n) is 9.02. The summed E-state index contributed by atoms with van der Waals surface area (Å²) in [5.41, 5.74) is 0.578. The lowest BCUT2D eigenvalue weighted by Crippen LogP contribution is -2.30. The molecule has 88 valence electrons. The molecule has 1 unspecified atom stereocenters. The lowest BCUT2D eigenvalue weighted by molar-refractivity contribution is 0.0944. The fourth-order valence-electron chi connectivity index (χ4n) is 1.20. The first-order valence-electron chi connectivity index (χ1n) is 4.76. The zero-order chi connectivity index (χ0) is 12.1. The number of hydrogen-bond acceptors (Lipinski definition) is 3. The van der Waals surface area contributed by atoms with Crippen LogP contribution in [-0.4, -0.2) is 20.7 Å². The van der Waals surface area contributed by atoms with Crippen molar-refractivity contribution in [3.05, 3.63) is 29.8 Å². The second-order valence-corrected chi connectivity index (χ2v) is 4.18. The van der Waals surface area contributed by atoms with E-state index in [0.29, 0.717) is 5.56 Å². The molecule has 1 amide bonds. The van der Waals surface area contributed by atoms with Gasteiger partial charge in [0.05, 0.1) is 11.3 Å². The number of hydrogen-bond donors (Lipinski definition) is 2. The molecule has 1 rings (SSSR count). The molecule has 0 heterocycles. The predicted octanol–water partition coefficient (Wildman–Crippen LogP) is 1.03. The molecular formula is C10H13N2O3S-. The summed E-state index contributed by atoms with van der Waals surface area (Å²) in [5.74, 6) is -0.302. The molecule has 0 saturated carbocycles. The van der Waals surface area contributed by atoms with E-state index in [-0.39, 0.29) is 17.6 Å². The molecule has 0 aliphatic carbocycles. The van der Waals surface area contributed by atoms with Gasteiger partial charge in [0.1, 0.15) is 0 Å². The average Bonchev–Trinajstić information content (AvgIpc) is 2.16. The minimum atomic E-state index is -2.44. The number of nitrogens with one attached hydrogen (secondary N) is 2. The maximum atomic E-state index is 11.7. The van der Waals surface area contributed by atoms with E-state index >= 15 is 0 Å². The van der Waals surface area contributed by atoms with Crippen LogP contribution in [0, 0.1) is 0 Å². The van der Waals surface area contributed by atoms with Crippen molar-refractivity contribution in [2.75, 3.05) is 4.72 Å². The number of para-hydroxylation sites is 1. The Balaban J connectivity index is 2.94. The van der Waals surface area contributed by atoms with E-state index < -0.39 is 11.3 Å². The lowest BCUT2D eigenvalue weighted by Gasteiger charge is -2.14. The van der Waals surface area contributed by atoms with Crippen LogP contribution in [0.3, 0.4) is 0 Å². The van der Waals surface area contributed by atoms with E-state index in [1.165, 1.54) is 6.07 Å². The Morgan fingerprint density at radius 3 is 2.56 bits per heavy atom. The van der Waals surface area contributed by atoms with Gasteiger partial charge in [-0.1, -0.05) is 12.1 Å². The molecule has 1 aromatic rings. The van der Waals surface area contributed by atoms with Crippen LogP contribution in [0.15, 0.2) is 24.3 Å². The highest BCUT2D eigenvalue weighted by Gasteiger charge is 2.11. The second kappa shape index (κ2) is 5.62. The lowest BCUT2D eigenvalue weighted by atomic mass is 10.1. The van der Waals surface area contributed by atoms with Gasteiger partial charge >= 0.3 is 0 Å². The van der Waals surface area contributed by atoms with Crippen LogP contribution in [-0.2, 0) is 11.3 Å². The van der Waals surface area contributed by atoms with Crippen LogP contribution in [0.2, 0.25) is 0 Å². The maximum absolute atomic E-state index is 11.7. The molecule has 0 radical (unpaired) electrons. The molecule has 0 fully saturated rings. The van der Waals surface area contributed by atoms with E-state index in [1.54, 1.807) is 18.2 Å². The van der Waals surface area contributed by atoms with Gasteiger partial charge in [-0.2, -0.15) is 0 Å². The van der Waals surface area contributed by atoms with Crippen molar-refractivity contribution < 1.29 is 13.6 Å². The largest absolute Gasteiger partial charge is 0.755 e. The Hall–Kier alpha value is -1.40. The molecule has 16 heavy (non-hydrogen) atoms. The Labute approximate surface area is 96.7 Å². The number of carbonyl (C=O) groups is 1. The van der Waals surface area contributed by atoms with Gasteiger partial charge in [0, 0.05) is 17.3 Å². The summed E-state index contributed by atoms with van der Waals surface area (Å²) < 4.78 is 23.2. The number of amides is 1. The minimum absolute atomic E-state index is 0.00157. The highest BCUT2D eigenvalue weighted by atomic mass is 32.2. The van der Waals surface area contributed by atoms with Crippen LogP contribution in [0.1, 0.15) is 24.2 Å². The summed E-state index contributed by atoms with van der Waals surface area (Å²) in [6.07, 6.45) is 0. The normalized spacial score (nSPS) is 12.2. The highest BCUT2D eigenvalue weighted by molar-refractivity contribution is 7.80. The topological polar surface area (TPSA) is 81.3 Å². The summed E-state index contributed by atoms with van der Waals surface area (Å²) in [6, 6.07) is 6.42. The standard InChI is InChI=1S/C10H14N2O3S/c1-7(2)11-10(13)8-5-3-4-6-9(8)12-16(14)15/h3-7,12H,1-2H3,(H,11,13)(H,14,15)/p-1. The van der Waals surface area contributed by atoms with Crippen molar-refractivity contribution in [3.8, 4) is 0 Å². The van der Waals surface area contributed by atoms with E-state index in [1.807, 2.05) is 13.8 Å². The Bertz CT molecular complexity index is 407. The molecule has 0 saturated heterocycles. The smallest absolute Gasteiger partial charge is 0.253 e. The van der Waals surface area contributed by atoms with Crippen LogP contribution >= 0.6 is 0 Å². The molecule has 0 aliphatic heterocycles. The van der Waals surface area contributed by atoms with Crippen LogP contribution in [0.5, 0.6) is 0 Å². The van der Waals surface area contributed by atoms with Crippen molar-refractivity contribution in [3.63, 3.8) is 0 Å². The van der Waals surface area contributed by atoms with Gasteiger partial charge < -0.3 is 14.6 Å². The monoisotopic (exact) mass is 241 g/mol. The molecular weight excluding hydrogens is 228 g/mol. The van der Waals surface area contributed by atoms with E-state index in [4.69, 9.17) is 0 Å². The third kappa shape index (κ3) is 3.63. The van der Waals surface area contributed by atoms with Crippen molar-refractivity contribution in [2.45, 2.75) is 19.9 Å². The summed E-state index contributed by atoms with van der Waals surface area (Å²) in [7, 11) is 0. The van der Waals surface area contributed by atoms with Gasteiger partial charge in [-0.15, -0.1) is 0 Å². The van der Waals surface area contributed by atoms with Gasteiger partial charge in [-0.3, -0.25) is 9.00 Å². The summed E-state index contributed by atoms with van der Waals surface area (Å²) in [4.78, 5) is 11.7. The first-order chi connectivity index (χ1) is 7.50. The predicted molar refractivity (Wildman–Crippen MR) is 61.6 cm³/mol. The fourth-order valence-corrected chi connectivity index (χ4v) is 1.56.